The molecule has 0 fully saturated rings. The molecule has 0 atom stereocenters. The summed E-state index contributed by atoms with van der Waals surface area (Å²) in [5, 5.41) is 0.681. The Labute approximate surface area is 111 Å². The first kappa shape index (κ1) is 12.7. The predicted molar refractivity (Wildman–Crippen MR) is 73.4 cm³/mol. The number of hydrogen-bond donors (Lipinski definition) is 0. The number of hydrogen-bond acceptors (Lipinski definition) is 2. The van der Waals surface area contributed by atoms with Crippen molar-refractivity contribution < 1.29 is 9.53 Å². The third-order valence-corrected chi connectivity index (χ3v) is 3.01. The van der Waals surface area contributed by atoms with E-state index in [-0.39, 0.29) is 5.78 Å². The molecule has 0 aromatic heterocycles. The van der Waals surface area contributed by atoms with Crippen molar-refractivity contribution in [3.8, 4) is 16.9 Å². The van der Waals surface area contributed by atoms with E-state index in [9.17, 15) is 4.79 Å². The van der Waals surface area contributed by atoms with Gasteiger partial charge in [-0.05, 0) is 42.8 Å². The van der Waals surface area contributed by atoms with E-state index in [0.29, 0.717) is 10.6 Å². The topological polar surface area (TPSA) is 26.3 Å². The fourth-order valence-corrected chi connectivity index (χ4v) is 1.91. The lowest BCUT2D eigenvalue weighted by atomic mass is 10.0. The lowest BCUT2D eigenvalue weighted by Crippen LogP contribution is -1.95. The molecule has 0 unspecified atom stereocenters. The number of ketones is 1. The van der Waals surface area contributed by atoms with Crippen LogP contribution in [0.4, 0.5) is 0 Å². The van der Waals surface area contributed by atoms with E-state index in [2.05, 4.69) is 0 Å². The molecule has 2 rings (SSSR count). The van der Waals surface area contributed by atoms with Crippen LogP contribution in [0.3, 0.4) is 0 Å². The minimum absolute atomic E-state index is 0.0351. The first-order valence-corrected chi connectivity index (χ1v) is 5.94. The summed E-state index contributed by atoms with van der Waals surface area (Å²) in [6.07, 6.45) is 0. The second kappa shape index (κ2) is 5.23. The maximum Gasteiger partial charge on any atom is 0.159 e. The van der Waals surface area contributed by atoms with Crippen LogP contribution in [0.2, 0.25) is 5.02 Å². The van der Waals surface area contributed by atoms with Crippen LogP contribution < -0.4 is 4.74 Å². The third-order valence-electron chi connectivity index (χ3n) is 2.76. The normalized spacial score (nSPS) is 10.2. The molecule has 0 spiro atoms. The maximum atomic E-state index is 11.4. The van der Waals surface area contributed by atoms with Crippen molar-refractivity contribution in [2.75, 3.05) is 7.11 Å². The van der Waals surface area contributed by atoms with Gasteiger partial charge in [0.25, 0.3) is 0 Å². The average molecular weight is 261 g/mol. The molecule has 0 aliphatic carbocycles. The van der Waals surface area contributed by atoms with Gasteiger partial charge in [0.2, 0.25) is 0 Å². The number of halogens is 1. The van der Waals surface area contributed by atoms with Crippen molar-refractivity contribution in [2.45, 2.75) is 6.92 Å². The van der Waals surface area contributed by atoms with Gasteiger partial charge in [0, 0.05) is 16.1 Å². The number of rotatable bonds is 3. The quantitative estimate of drug-likeness (QED) is 0.773. The summed E-state index contributed by atoms with van der Waals surface area (Å²) in [7, 11) is 1.61. The Bertz CT molecular complexity index is 574. The molecule has 0 heterocycles. The fraction of sp³-hybridized carbons (Fsp3) is 0.133. The zero-order chi connectivity index (χ0) is 13.1. The zero-order valence-electron chi connectivity index (χ0n) is 10.2. The van der Waals surface area contributed by atoms with Gasteiger partial charge in [0.1, 0.15) is 5.75 Å². The molecule has 0 bridgehead atoms. The molecule has 2 aromatic rings. The van der Waals surface area contributed by atoms with Gasteiger partial charge in [-0.25, -0.2) is 0 Å². The van der Waals surface area contributed by atoms with Crippen LogP contribution in [0.15, 0.2) is 42.5 Å². The van der Waals surface area contributed by atoms with E-state index in [1.807, 2.05) is 30.3 Å². The second-order valence-corrected chi connectivity index (χ2v) is 4.41. The van der Waals surface area contributed by atoms with Gasteiger partial charge in [-0.15, -0.1) is 0 Å². The number of carbonyl (C=O) groups excluding carboxylic acids is 1. The van der Waals surface area contributed by atoms with Crippen molar-refractivity contribution in [1.29, 1.82) is 0 Å². The van der Waals surface area contributed by atoms with E-state index >= 15 is 0 Å². The van der Waals surface area contributed by atoms with E-state index in [0.717, 1.165) is 16.9 Å². The van der Waals surface area contributed by atoms with E-state index < -0.39 is 0 Å². The fourth-order valence-electron chi connectivity index (χ4n) is 1.78. The van der Waals surface area contributed by atoms with Crippen molar-refractivity contribution >= 4 is 17.4 Å². The first-order chi connectivity index (χ1) is 8.61. The lowest BCUT2D eigenvalue weighted by molar-refractivity contribution is 0.101. The second-order valence-electron chi connectivity index (χ2n) is 3.98. The summed E-state index contributed by atoms with van der Waals surface area (Å²) in [6.45, 7) is 1.55. The summed E-state index contributed by atoms with van der Waals surface area (Å²) >= 11 is 5.87. The van der Waals surface area contributed by atoms with Crippen LogP contribution in [0.1, 0.15) is 17.3 Å². The van der Waals surface area contributed by atoms with Crippen molar-refractivity contribution in [3.63, 3.8) is 0 Å². The highest BCUT2D eigenvalue weighted by molar-refractivity contribution is 6.30. The Morgan fingerprint density at radius 1 is 1.11 bits per heavy atom. The van der Waals surface area contributed by atoms with Crippen molar-refractivity contribution in [1.82, 2.24) is 0 Å². The molecule has 0 N–H and O–H groups in total. The molecule has 2 aromatic carbocycles. The van der Waals surface area contributed by atoms with Crippen LogP contribution >= 0.6 is 11.6 Å². The van der Waals surface area contributed by atoms with Gasteiger partial charge in [-0.2, -0.15) is 0 Å². The van der Waals surface area contributed by atoms with E-state index in [4.69, 9.17) is 16.3 Å². The monoisotopic (exact) mass is 260 g/mol. The minimum atomic E-state index is 0.0351. The highest BCUT2D eigenvalue weighted by Gasteiger charge is 2.09. The largest absolute Gasteiger partial charge is 0.496 e. The molecule has 2 nitrogen and oxygen atoms in total. The highest BCUT2D eigenvalue weighted by atomic mass is 35.5. The summed E-state index contributed by atoms with van der Waals surface area (Å²) in [4.78, 5) is 11.4. The van der Waals surface area contributed by atoms with Crippen LogP contribution in [-0.2, 0) is 0 Å². The van der Waals surface area contributed by atoms with Crippen molar-refractivity contribution in [3.05, 3.63) is 53.1 Å². The van der Waals surface area contributed by atoms with Gasteiger partial charge >= 0.3 is 0 Å². The summed E-state index contributed by atoms with van der Waals surface area (Å²) < 4.78 is 5.32. The Morgan fingerprint density at radius 3 is 2.33 bits per heavy atom. The predicted octanol–water partition coefficient (Wildman–Crippen LogP) is 4.22. The van der Waals surface area contributed by atoms with Crippen molar-refractivity contribution in [2.24, 2.45) is 0 Å². The standard InChI is InChI=1S/C15H13ClO2/c1-10(17)12-5-8-15(18-2)14(9-12)11-3-6-13(16)7-4-11/h3-9H,1-2H3. The van der Waals surface area contributed by atoms with Crippen LogP contribution in [0.5, 0.6) is 5.75 Å². The third kappa shape index (κ3) is 2.54. The number of carbonyl (C=O) groups is 1. The Kier molecular flexibility index (Phi) is 3.68. The maximum absolute atomic E-state index is 11.4. The SMILES string of the molecule is COc1ccc(C(C)=O)cc1-c1ccc(Cl)cc1. The Hall–Kier alpha value is -1.80. The van der Waals surface area contributed by atoms with E-state index in [1.54, 1.807) is 26.2 Å². The lowest BCUT2D eigenvalue weighted by Gasteiger charge is -2.10. The number of benzene rings is 2. The van der Waals surface area contributed by atoms with Gasteiger partial charge in [-0.1, -0.05) is 23.7 Å². The van der Waals surface area contributed by atoms with Gasteiger partial charge in [0.05, 0.1) is 7.11 Å². The first-order valence-electron chi connectivity index (χ1n) is 5.56. The Morgan fingerprint density at radius 2 is 1.78 bits per heavy atom. The zero-order valence-corrected chi connectivity index (χ0v) is 11.0. The molecule has 18 heavy (non-hydrogen) atoms. The number of methoxy groups -OCH3 is 1. The van der Waals surface area contributed by atoms with Gasteiger partial charge < -0.3 is 4.74 Å². The number of ether oxygens (including phenoxy) is 1. The summed E-state index contributed by atoms with van der Waals surface area (Å²) in [6, 6.07) is 12.9. The Balaban J connectivity index is 2.56. The molecule has 0 amide bonds. The molecule has 0 saturated carbocycles. The molecule has 0 aliphatic rings. The molecule has 92 valence electrons. The van der Waals surface area contributed by atoms with Crippen LogP contribution in [-0.4, -0.2) is 12.9 Å². The molecule has 0 radical (unpaired) electrons. The molecule has 3 heteroatoms. The molecule has 0 aliphatic heterocycles. The van der Waals surface area contributed by atoms with Gasteiger partial charge in [0.15, 0.2) is 5.78 Å². The van der Waals surface area contributed by atoms with Gasteiger partial charge in [-0.3, -0.25) is 4.79 Å². The minimum Gasteiger partial charge on any atom is -0.496 e. The smallest absolute Gasteiger partial charge is 0.159 e. The molecular formula is C15H13ClO2. The van der Waals surface area contributed by atoms with E-state index in [1.165, 1.54) is 0 Å². The van der Waals surface area contributed by atoms with Crippen LogP contribution in [0, 0.1) is 0 Å². The number of Topliss-reactive ketones (excluding diaryl/α,β-unsaturated/α-hetero) is 1. The average Bonchev–Trinajstić information content (AvgIpc) is 2.39. The molecular weight excluding hydrogens is 248 g/mol. The van der Waals surface area contributed by atoms with Crippen LogP contribution in [0.25, 0.3) is 11.1 Å². The summed E-state index contributed by atoms with van der Waals surface area (Å²) in [5.74, 6) is 0.773. The summed E-state index contributed by atoms with van der Waals surface area (Å²) in [5.41, 5.74) is 2.53. The molecule has 0 saturated heterocycles. The highest BCUT2D eigenvalue weighted by Crippen LogP contribution is 2.31.